The maximum atomic E-state index is 11.6. The van der Waals surface area contributed by atoms with Crippen molar-refractivity contribution in [1.29, 1.82) is 0 Å². The molecule has 37 heavy (non-hydrogen) atoms. The van der Waals surface area contributed by atoms with Gasteiger partial charge >= 0.3 is 0 Å². The number of thiophene rings is 1. The highest BCUT2D eigenvalue weighted by Gasteiger charge is 2.49. The first-order valence-electron chi connectivity index (χ1n) is 13.3. The molecule has 9 heteroatoms. The monoisotopic (exact) mass is 539 g/mol. The molecule has 2 aliphatic rings. The molecule has 1 aliphatic carbocycles. The Labute approximate surface area is 223 Å². The SMILES string of the molecule is Cc1c(-c2[nH]c3sc([C@H]4C[C@]5(CCN(CCS(C)(=O)=O)C5)C4)c(C)c3c2C(C)C)cn2ncnc2c1C. The van der Waals surface area contributed by atoms with Crippen LogP contribution >= 0.6 is 11.3 Å². The molecule has 2 fully saturated rings. The number of sulfone groups is 1. The van der Waals surface area contributed by atoms with Crippen molar-refractivity contribution in [2.75, 3.05) is 31.6 Å². The van der Waals surface area contributed by atoms with Gasteiger partial charge in [0.2, 0.25) is 0 Å². The van der Waals surface area contributed by atoms with E-state index in [2.05, 4.69) is 60.8 Å². The summed E-state index contributed by atoms with van der Waals surface area (Å²) in [4.78, 5) is 13.5. The van der Waals surface area contributed by atoms with Crippen LogP contribution in [0, 0.1) is 26.2 Å². The van der Waals surface area contributed by atoms with Gasteiger partial charge < -0.3 is 9.88 Å². The molecule has 1 aliphatic heterocycles. The average molecular weight is 540 g/mol. The number of nitrogens with one attached hydrogen (secondary N) is 1. The van der Waals surface area contributed by atoms with Gasteiger partial charge in [0.25, 0.3) is 0 Å². The number of aromatic nitrogens is 4. The number of aromatic amines is 1. The average Bonchev–Trinajstić information content (AvgIpc) is 3.56. The van der Waals surface area contributed by atoms with E-state index in [0.717, 1.165) is 18.7 Å². The molecule has 0 amide bonds. The zero-order valence-electron chi connectivity index (χ0n) is 22.7. The Kier molecular flexibility index (Phi) is 5.86. The van der Waals surface area contributed by atoms with E-state index < -0.39 is 9.84 Å². The minimum Gasteiger partial charge on any atom is -0.346 e. The summed E-state index contributed by atoms with van der Waals surface area (Å²) in [6.45, 7) is 14.0. The van der Waals surface area contributed by atoms with E-state index in [1.54, 1.807) is 6.33 Å². The summed E-state index contributed by atoms with van der Waals surface area (Å²) in [6.07, 6.45) is 8.72. The van der Waals surface area contributed by atoms with Gasteiger partial charge in [-0.25, -0.2) is 17.9 Å². The third kappa shape index (κ3) is 4.14. The molecule has 0 aromatic carbocycles. The first-order chi connectivity index (χ1) is 17.5. The number of hydrogen-bond donors (Lipinski definition) is 1. The molecule has 198 valence electrons. The minimum atomic E-state index is -2.90. The number of hydrogen-bond acceptors (Lipinski definition) is 6. The second kappa shape index (κ2) is 8.64. The van der Waals surface area contributed by atoms with Crippen molar-refractivity contribution in [3.05, 3.63) is 39.7 Å². The van der Waals surface area contributed by atoms with Crippen molar-refractivity contribution >= 4 is 37.0 Å². The molecule has 6 rings (SSSR count). The van der Waals surface area contributed by atoms with Gasteiger partial charge in [-0.15, -0.1) is 11.3 Å². The Morgan fingerprint density at radius 1 is 1.19 bits per heavy atom. The van der Waals surface area contributed by atoms with Crippen LogP contribution in [-0.4, -0.2) is 64.5 Å². The molecule has 0 atom stereocenters. The molecular formula is C28H37N5O2S2. The van der Waals surface area contributed by atoms with Crippen molar-refractivity contribution < 1.29 is 8.42 Å². The number of fused-ring (bicyclic) bond motifs is 2. The molecule has 5 heterocycles. The number of nitrogens with zero attached hydrogens (tertiary/aromatic N) is 4. The molecular weight excluding hydrogens is 502 g/mol. The lowest BCUT2D eigenvalue weighted by Gasteiger charge is -2.45. The molecule has 1 saturated heterocycles. The molecule has 1 N–H and O–H groups in total. The van der Waals surface area contributed by atoms with Crippen molar-refractivity contribution in [1.82, 2.24) is 24.5 Å². The topological polar surface area (TPSA) is 83.4 Å². The fourth-order valence-corrected chi connectivity index (χ4v) is 8.82. The standard InChI is InChI=1S/C28H37N5O2S2/c1-16(2)22-23-19(5)25(20-11-28(12-20)7-8-32(14-28)9-10-37(6,34)35)36-27(23)31-24(22)21-13-33-26(29-15-30-33)18(4)17(21)3/h13,15-16,20,31H,7-12,14H2,1-6H3/t20-,28+. The smallest absolute Gasteiger partial charge is 0.158 e. The van der Waals surface area contributed by atoms with Gasteiger partial charge in [0.15, 0.2) is 5.65 Å². The molecule has 4 aromatic rings. The quantitative estimate of drug-likeness (QED) is 0.345. The molecule has 4 aromatic heterocycles. The van der Waals surface area contributed by atoms with Gasteiger partial charge in [0.05, 0.1) is 11.4 Å². The molecule has 0 radical (unpaired) electrons. The Morgan fingerprint density at radius 3 is 2.65 bits per heavy atom. The maximum absolute atomic E-state index is 11.6. The summed E-state index contributed by atoms with van der Waals surface area (Å²) in [5.41, 5.74) is 8.96. The second-order valence-corrected chi connectivity index (χ2v) is 15.3. The molecule has 0 bridgehead atoms. The third-order valence-electron chi connectivity index (χ3n) is 8.96. The number of H-pyrrole nitrogens is 1. The summed E-state index contributed by atoms with van der Waals surface area (Å²) < 4.78 is 25.1. The van der Waals surface area contributed by atoms with Gasteiger partial charge in [-0.2, -0.15) is 5.10 Å². The van der Waals surface area contributed by atoms with Crippen LogP contribution in [0.4, 0.5) is 0 Å². The molecule has 1 spiro atoms. The number of rotatable bonds is 6. The van der Waals surface area contributed by atoms with Crippen molar-refractivity contribution in [3.8, 4) is 11.3 Å². The fraction of sp³-hybridized carbons (Fsp3) is 0.571. The Balaban J connectivity index is 1.30. The Hall–Kier alpha value is -2.23. The lowest BCUT2D eigenvalue weighted by Crippen LogP contribution is -2.39. The van der Waals surface area contributed by atoms with Gasteiger partial charge in [-0.1, -0.05) is 13.8 Å². The van der Waals surface area contributed by atoms with E-state index in [0.29, 0.717) is 23.8 Å². The summed E-state index contributed by atoms with van der Waals surface area (Å²) in [5.74, 6) is 1.27. The third-order valence-corrected chi connectivity index (χ3v) is 11.3. The largest absolute Gasteiger partial charge is 0.346 e. The zero-order valence-corrected chi connectivity index (χ0v) is 24.3. The van der Waals surface area contributed by atoms with Crippen LogP contribution in [0.5, 0.6) is 0 Å². The summed E-state index contributed by atoms with van der Waals surface area (Å²) in [6, 6.07) is 0. The van der Waals surface area contributed by atoms with Gasteiger partial charge in [-0.3, -0.25) is 0 Å². The highest BCUT2D eigenvalue weighted by Crippen LogP contribution is 2.58. The van der Waals surface area contributed by atoms with E-state index in [4.69, 9.17) is 0 Å². The van der Waals surface area contributed by atoms with E-state index in [1.807, 2.05) is 15.9 Å². The zero-order chi connectivity index (χ0) is 26.3. The number of aryl methyl sites for hydroxylation is 2. The number of pyridine rings is 1. The van der Waals surface area contributed by atoms with Crippen LogP contribution in [0.3, 0.4) is 0 Å². The lowest BCUT2D eigenvalue weighted by molar-refractivity contribution is 0.111. The first-order valence-corrected chi connectivity index (χ1v) is 16.2. The molecule has 1 saturated carbocycles. The van der Waals surface area contributed by atoms with E-state index in [-0.39, 0.29) is 5.75 Å². The van der Waals surface area contributed by atoms with Gasteiger partial charge in [0, 0.05) is 41.4 Å². The van der Waals surface area contributed by atoms with Gasteiger partial charge in [-0.05, 0) is 86.1 Å². The van der Waals surface area contributed by atoms with Crippen molar-refractivity contribution in [2.24, 2.45) is 5.41 Å². The minimum absolute atomic E-state index is 0.268. The molecule has 0 unspecified atom stereocenters. The van der Waals surface area contributed by atoms with Crippen molar-refractivity contribution in [3.63, 3.8) is 0 Å². The van der Waals surface area contributed by atoms with Crippen molar-refractivity contribution in [2.45, 2.75) is 65.7 Å². The van der Waals surface area contributed by atoms with Crippen LogP contribution in [0.2, 0.25) is 0 Å². The van der Waals surface area contributed by atoms with E-state index >= 15 is 0 Å². The van der Waals surface area contributed by atoms with E-state index in [9.17, 15) is 8.42 Å². The van der Waals surface area contributed by atoms with Crippen LogP contribution < -0.4 is 0 Å². The Bertz CT molecular complexity index is 1620. The van der Waals surface area contributed by atoms with Crippen LogP contribution in [-0.2, 0) is 9.84 Å². The fourth-order valence-electron chi connectivity index (χ4n) is 6.90. The first kappa shape index (κ1) is 25.1. The number of likely N-dealkylation sites (tertiary alicyclic amines) is 1. The second-order valence-electron chi connectivity index (χ2n) is 11.9. The Morgan fingerprint density at radius 2 is 1.95 bits per heavy atom. The van der Waals surface area contributed by atoms with Crippen LogP contribution in [0.15, 0.2) is 12.5 Å². The lowest BCUT2D eigenvalue weighted by atomic mass is 9.60. The highest BCUT2D eigenvalue weighted by molar-refractivity contribution is 7.90. The van der Waals surface area contributed by atoms with E-state index in [1.165, 1.54) is 74.1 Å². The van der Waals surface area contributed by atoms with Crippen LogP contribution in [0.1, 0.15) is 72.1 Å². The van der Waals surface area contributed by atoms with Crippen LogP contribution in [0.25, 0.3) is 27.1 Å². The normalized spacial score (nSPS) is 22.7. The maximum Gasteiger partial charge on any atom is 0.158 e. The highest BCUT2D eigenvalue weighted by atomic mass is 32.2. The predicted molar refractivity (Wildman–Crippen MR) is 152 cm³/mol. The predicted octanol–water partition coefficient (Wildman–Crippen LogP) is 5.60. The summed E-state index contributed by atoms with van der Waals surface area (Å²) in [5, 5.41) is 5.83. The molecule has 7 nitrogen and oxygen atoms in total. The summed E-state index contributed by atoms with van der Waals surface area (Å²) >= 11 is 1.94. The van der Waals surface area contributed by atoms with Gasteiger partial charge in [0.1, 0.15) is 21.0 Å². The summed E-state index contributed by atoms with van der Waals surface area (Å²) in [7, 11) is -2.90.